The number of nitrogens with zero attached hydrogens (tertiary/aromatic N) is 6. The van der Waals surface area contributed by atoms with Crippen LogP contribution in [-0.4, -0.2) is 72.0 Å². The summed E-state index contributed by atoms with van der Waals surface area (Å²) in [6.45, 7) is 9.74. The van der Waals surface area contributed by atoms with Crippen LogP contribution in [0.4, 0.5) is 17.3 Å². The number of piperazine rings is 1. The number of carbonyl (C=O) groups excluding carboxylic acids is 1. The summed E-state index contributed by atoms with van der Waals surface area (Å²) in [7, 11) is 2.13. The Labute approximate surface area is 201 Å². The van der Waals surface area contributed by atoms with Crippen LogP contribution in [0, 0.1) is 18.3 Å². The number of allylic oxidation sites excluding steroid dienone is 1. The van der Waals surface area contributed by atoms with Crippen molar-refractivity contribution in [3.8, 4) is 6.07 Å². The van der Waals surface area contributed by atoms with E-state index in [2.05, 4.69) is 48.4 Å². The summed E-state index contributed by atoms with van der Waals surface area (Å²) in [4.78, 5) is 28.1. The van der Waals surface area contributed by atoms with E-state index in [1.807, 2.05) is 38.1 Å². The number of aromatic nitrogens is 2. The van der Waals surface area contributed by atoms with E-state index in [-0.39, 0.29) is 11.9 Å². The number of benzene rings is 1. The van der Waals surface area contributed by atoms with Crippen LogP contribution in [0.5, 0.6) is 0 Å². The van der Waals surface area contributed by atoms with Gasteiger partial charge in [0.1, 0.15) is 17.5 Å². The van der Waals surface area contributed by atoms with Crippen molar-refractivity contribution in [2.45, 2.75) is 26.7 Å². The molecule has 2 aromatic rings. The van der Waals surface area contributed by atoms with Crippen molar-refractivity contribution in [2.75, 3.05) is 61.8 Å². The third-order valence-corrected chi connectivity index (χ3v) is 6.32. The Hall–Kier alpha value is -3.48. The lowest BCUT2D eigenvalue weighted by Gasteiger charge is -2.32. The third kappa shape index (κ3) is 5.19. The first-order valence-corrected chi connectivity index (χ1v) is 11.8. The number of aryl methyl sites for hydroxylation is 1. The maximum absolute atomic E-state index is 12.5. The zero-order valence-electron chi connectivity index (χ0n) is 20.1. The Balaban J connectivity index is 1.46. The van der Waals surface area contributed by atoms with Gasteiger partial charge in [0.25, 0.3) is 0 Å². The number of fused-ring (bicyclic) bond motifs is 1. The number of carbonyl (C=O) groups is 1. The van der Waals surface area contributed by atoms with Gasteiger partial charge in [-0.3, -0.25) is 10.1 Å². The molecule has 2 aliphatic heterocycles. The highest BCUT2D eigenvalue weighted by molar-refractivity contribution is 5.92. The number of hydrogen-bond donors (Lipinski definition) is 2. The second-order valence-corrected chi connectivity index (χ2v) is 8.74. The fourth-order valence-electron chi connectivity index (χ4n) is 4.35. The molecule has 0 saturated carbocycles. The lowest BCUT2D eigenvalue weighted by molar-refractivity contribution is -0.116. The Kier molecular flexibility index (Phi) is 7.40. The second kappa shape index (κ2) is 10.6. The van der Waals surface area contributed by atoms with Crippen LogP contribution in [0.3, 0.4) is 0 Å². The monoisotopic (exact) mass is 460 g/mol. The maximum Gasteiger partial charge on any atom is 0.229 e. The van der Waals surface area contributed by atoms with E-state index >= 15 is 0 Å². The molecule has 0 atom stereocenters. The summed E-state index contributed by atoms with van der Waals surface area (Å²) in [6, 6.07) is 10.3. The van der Waals surface area contributed by atoms with Gasteiger partial charge in [0.05, 0.1) is 17.1 Å². The Morgan fingerprint density at radius 3 is 2.74 bits per heavy atom. The van der Waals surface area contributed by atoms with E-state index < -0.39 is 0 Å². The summed E-state index contributed by atoms with van der Waals surface area (Å²) in [5.41, 5.74) is 3.68. The van der Waals surface area contributed by atoms with Crippen LogP contribution >= 0.6 is 0 Å². The fourth-order valence-corrected chi connectivity index (χ4v) is 4.35. The molecule has 2 N–H and O–H groups in total. The number of likely N-dealkylation sites (N-methyl/N-ethyl adjacent to an activating group) is 1. The highest BCUT2D eigenvalue weighted by atomic mass is 16.1. The molecule has 0 radical (unpaired) electrons. The van der Waals surface area contributed by atoms with Gasteiger partial charge in [0.15, 0.2) is 0 Å². The molecule has 1 saturated heterocycles. The van der Waals surface area contributed by atoms with Gasteiger partial charge in [0.2, 0.25) is 11.9 Å². The standard InChI is InChI=1S/C25H32N8O/c1-4-33-21-9-6-5-8-20(21)28-24(33)19(16-26)23-18(2)17-27-25(30-23)29-22(34)10-7-11-32-14-12-31(3)13-15-32/h5-6,8-9,17,28H,4,7,10-15H2,1-3H3,(H,27,29,30,34)/b24-19+. The normalized spacial score (nSPS) is 17.6. The first-order valence-electron chi connectivity index (χ1n) is 11.8. The van der Waals surface area contributed by atoms with E-state index in [1.165, 1.54) is 0 Å². The Bertz CT molecular complexity index is 1110. The molecule has 2 aliphatic rings. The van der Waals surface area contributed by atoms with Crippen LogP contribution in [0.1, 0.15) is 31.0 Å². The minimum absolute atomic E-state index is 0.114. The molecule has 0 aliphatic carbocycles. The molecule has 1 aromatic heterocycles. The summed E-state index contributed by atoms with van der Waals surface area (Å²) in [5, 5.41) is 16.2. The molecule has 9 nitrogen and oxygen atoms in total. The third-order valence-electron chi connectivity index (χ3n) is 6.32. The van der Waals surface area contributed by atoms with Gasteiger partial charge in [-0.15, -0.1) is 0 Å². The van der Waals surface area contributed by atoms with Gasteiger partial charge in [0, 0.05) is 45.3 Å². The number of anilines is 3. The number of nitrogens with one attached hydrogen (secondary N) is 2. The molecule has 178 valence electrons. The lowest BCUT2D eigenvalue weighted by Crippen LogP contribution is -2.44. The smallest absolute Gasteiger partial charge is 0.229 e. The van der Waals surface area contributed by atoms with E-state index in [0.29, 0.717) is 30.1 Å². The average molecular weight is 461 g/mol. The predicted octanol–water partition coefficient (Wildman–Crippen LogP) is 2.90. The summed E-state index contributed by atoms with van der Waals surface area (Å²) in [5.74, 6) is 0.797. The van der Waals surface area contributed by atoms with Crippen LogP contribution < -0.4 is 15.5 Å². The zero-order chi connectivity index (χ0) is 24.1. The predicted molar refractivity (Wildman–Crippen MR) is 134 cm³/mol. The van der Waals surface area contributed by atoms with Gasteiger partial charge in [-0.05, 0) is 51.6 Å². The molecular formula is C25H32N8O. The summed E-state index contributed by atoms with van der Waals surface area (Å²) < 4.78 is 0. The molecular weight excluding hydrogens is 428 g/mol. The van der Waals surface area contributed by atoms with Crippen molar-refractivity contribution in [3.63, 3.8) is 0 Å². The van der Waals surface area contributed by atoms with E-state index in [1.54, 1.807) is 6.20 Å². The largest absolute Gasteiger partial charge is 0.339 e. The van der Waals surface area contributed by atoms with Crippen molar-refractivity contribution in [1.29, 1.82) is 5.26 Å². The van der Waals surface area contributed by atoms with Crippen LogP contribution in [0.15, 0.2) is 36.3 Å². The van der Waals surface area contributed by atoms with Crippen molar-refractivity contribution in [1.82, 2.24) is 19.8 Å². The molecule has 3 heterocycles. The molecule has 9 heteroatoms. The highest BCUT2D eigenvalue weighted by Gasteiger charge is 2.27. The van der Waals surface area contributed by atoms with Gasteiger partial charge in [-0.25, -0.2) is 9.97 Å². The second-order valence-electron chi connectivity index (χ2n) is 8.74. The van der Waals surface area contributed by atoms with Gasteiger partial charge in [-0.1, -0.05) is 12.1 Å². The zero-order valence-corrected chi connectivity index (χ0v) is 20.1. The average Bonchev–Trinajstić information content (AvgIpc) is 3.21. The fraction of sp³-hybridized carbons (Fsp3) is 0.440. The number of rotatable bonds is 7. The van der Waals surface area contributed by atoms with E-state index in [9.17, 15) is 10.1 Å². The van der Waals surface area contributed by atoms with E-state index in [4.69, 9.17) is 0 Å². The molecule has 1 aromatic carbocycles. The molecule has 0 unspecified atom stereocenters. The maximum atomic E-state index is 12.5. The van der Waals surface area contributed by atoms with Crippen molar-refractivity contribution in [2.24, 2.45) is 0 Å². The van der Waals surface area contributed by atoms with Crippen LogP contribution in [0.25, 0.3) is 5.57 Å². The SMILES string of the molecule is CCN1/C(=C(\C#N)c2nc(NC(=O)CCCN3CCN(C)CC3)ncc2C)Nc2ccccc21. The van der Waals surface area contributed by atoms with E-state index in [0.717, 1.165) is 56.1 Å². The minimum atomic E-state index is -0.114. The first kappa shape index (κ1) is 23.7. The quantitative estimate of drug-likeness (QED) is 0.609. The van der Waals surface area contributed by atoms with Crippen molar-refractivity contribution >= 4 is 28.8 Å². The number of amides is 1. The van der Waals surface area contributed by atoms with Gasteiger partial charge < -0.3 is 20.0 Å². The highest BCUT2D eigenvalue weighted by Crippen LogP contribution is 2.38. The molecule has 4 rings (SSSR count). The van der Waals surface area contributed by atoms with Crippen LogP contribution in [-0.2, 0) is 4.79 Å². The Morgan fingerprint density at radius 1 is 1.24 bits per heavy atom. The number of hydrogen-bond acceptors (Lipinski definition) is 8. The lowest BCUT2D eigenvalue weighted by atomic mass is 10.1. The molecule has 1 amide bonds. The van der Waals surface area contributed by atoms with Crippen molar-refractivity contribution in [3.05, 3.63) is 47.5 Å². The first-order chi connectivity index (χ1) is 16.5. The topological polar surface area (TPSA) is 100 Å². The minimum Gasteiger partial charge on any atom is -0.339 e. The van der Waals surface area contributed by atoms with Gasteiger partial charge in [-0.2, -0.15) is 5.26 Å². The van der Waals surface area contributed by atoms with Crippen molar-refractivity contribution < 1.29 is 4.79 Å². The molecule has 0 bridgehead atoms. The molecule has 1 fully saturated rings. The number of para-hydroxylation sites is 2. The molecule has 34 heavy (non-hydrogen) atoms. The van der Waals surface area contributed by atoms with Gasteiger partial charge >= 0.3 is 0 Å². The summed E-state index contributed by atoms with van der Waals surface area (Å²) in [6.07, 6.45) is 2.85. The molecule has 0 spiro atoms. The van der Waals surface area contributed by atoms with Crippen LogP contribution in [0.2, 0.25) is 0 Å². The summed E-state index contributed by atoms with van der Waals surface area (Å²) >= 11 is 0. The Morgan fingerprint density at radius 2 is 2.00 bits per heavy atom. The number of nitriles is 1.